The van der Waals surface area contributed by atoms with Gasteiger partial charge < -0.3 is 10.6 Å². The molecule has 5 nitrogen and oxygen atoms in total. The van der Waals surface area contributed by atoms with E-state index in [1.165, 1.54) is 23.1 Å². The number of amides is 2. The molecule has 22 heavy (non-hydrogen) atoms. The number of anilines is 2. The standard InChI is InChI=1S/C15H17N3O2S2/c1-10-3-4-12(11(2)7-10)17-13(19)8-21-9-14(20)18-15-16-5-6-22-15/h3-7H,8-9H2,1-2H3,(H,17,19)(H,16,18,20). The first-order valence-electron chi connectivity index (χ1n) is 6.69. The molecule has 1 aromatic carbocycles. The lowest BCUT2D eigenvalue weighted by Crippen LogP contribution is -2.18. The average molecular weight is 335 g/mol. The number of carbonyl (C=O) groups is 2. The van der Waals surface area contributed by atoms with Crippen LogP contribution in [0.15, 0.2) is 29.8 Å². The maximum atomic E-state index is 11.9. The normalized spacial score (nSPS) is 10.3. The Morgan fingerprint density at radius 3 is 2.55 bits per heavy atom. The van der Waals surface area contributed by atoms with Gasteiger partial charge in [-0.2, -0.15) is 0 Å². The van der Waals surface area contributed by atoms with Gasteiger partial charge in [0.25, 0.3) is 0 Å². The molecule has 0 fully saturated rings. The quantitative estimate of drug-likeness (QED) is 0.851. The van der Waals surface area contributed by atoms with Gasteiger partial charge in [0, 0.05) is 17.3 Å². The number of aromatic nitrogens is 1. The van der Waals surface area contributed by atoms with E-state index < -0.39 is 0 Å². The van der Waals surface area contributed by atoms with Crippen LogP contribution in [0.5, 0.6) is 0 Å². The predicted molar refractivity (Wildman–Crippen MR) is 92.6 cm³/mol. The first-order valence-corrected chi connectivity index (χ1v) is 8.72. The van der Waals surface area contributed by atoms with Crippen LogP contribution in [-0.4, -0.2) is 28.3 Å². The Morgan fingerprint density at radius 2 is 1.91 bits per heavy atom. The Morgan fingerprint density at radius 1 is 1.18 bits per heavy atom. The first-order chi connectivity index (χ1) is 10.5. The summed E-state index contributed by atoms with van der Waals surface area (Å²) in [4.78, 5) is 27.5. The smallest absolute Gasteiger partial charge is 0.236 e. The van der Waals surface area contributed by atoms with Gasteiger partial charge >= 0.3 is 0 Å². The molecule has 1 aromatic heterocycles. The number of benzene rings is 1. The van der Waals surface area contributed by atoms with E-state index in [1.807, 2.05) is 32.0 Å². The van der Waals surface area contributed by atoms with Crippen molar-refractivity contribution in [3.63, 3.8) is 0 Å². The first kappa shape index (κ1) is 16.5. The molecular weight excluding hydrogens is 318 g/mol. The molecule has 2 rings (SSSR count). The molecule has 2 N–H and O–H groups in total. The maximum Gasteiger partial charge on any atom is 0.236 e. The van der Waals surface area contributed by atoms with Crippen LogP contribution in [-0.2, 0) is 9.59 Å². The minimum atomic E-state index is -0.153. The number of nitrogens with one attached hydrogen (secondary N) is 2. The maximum absolute atomic E-state index is 11.9. The van der Waals surface area contributed by atoms with E-state index in [-0.39, 0.29) is 23.3 Å². The predicted octanol–water partition coefficient (Wildman–Crippen LogP) is 3.07. The number of thioether (sulfide) groups is 1. The third kappa shape index (κ3) is 5.16. The van der Waals surface area contributed by atoms with Crippen LogP contribution in [0.1, 0.15) is 11.1 Å². The third-order valence-electron chi connectivity index (χ3n) is 2.80. The highest BCUT2D eigenvalue weighted by molar-refractivity contribution is 8.00. The summed E-state index contributed by atoms with van der Waals surface area (Å²) in [5.41, 5.74) is 2.99. The van der Waals surface area contributed by atoms with Gasteiger partial charge in [0.1, 0.15) is 0 Å². The molecule has 0 saturated carbocycles. The molecule has 0 bridgehead atoms. The van der Waals surface area contributed by atoms with Crippen molar-refractivity contribution in [3.05, 3.63) is 40.9 Å². The Balaban J connectivity index is 1.72. The van der Waals surface area contributed by atoms with Gasteiger partial charge in [-0.25, -0.2) is 4.98 Å². The largest absolute Gasteiger partial charge is 0.325 e. The zero-order valence-electron chi connectivity index (χ0n) is 12.4. The van der Waals surface area contributed by atoms with Crippen LogP contribution >= 0.6 is 23.1 Å². The molecule has 1 heterocycles. The monoisotopic (exact) mass is 335 g/mol. The summed E-state index contributed by atoms with van der Waals surface area (Å²) >= 11 is 2.64. The molecule has 2 amide bonds. The van der Waals surface area contributed by atoms with Crippen LogP contribution in [0.3, 0.4) is 0 Å². The number of hydrogen-bond donors (Lipinski definition) is 2. The minimum absolute atomic E-state index is 0.112. The van der Waals surface area contributed by atoms with Crippen LogP contribution in [0.2, 0.25) is 0 Å². The number of nitrogens with zero attached hydrogens (tertiary/aromatic N) is 1. The van der Waals surface area contributed by atoms with Crippen molar-refractivity contribution in [1.29, 1.82) is 0 Å². The number of rotatable bonds is 6. The van der Waals surface area contributed by atoms with Gasteiger partial charge in [-0.05, 0) is 25.5 Å². The zero-order chi connectivity index (χ0) is 15.9. The number of hydrogen-bond acceptors (Lipinski definition) is 5. The lowest BCUT2D eigenvalue weighted by Gasteiger charge is -2.09. The Labute approximate surface area is 137 Å². The second kappa shape index (κ2) is 7.95. The molecule has 0 radical (unpaired) electrons. The van der Waals surface area contributed by atoms with Gasteiger partial charge in [0.15, 0.2) is 5.13 Å². The summed E-state index contributed by atoms with van der Waals surface area (Å²) in [5.74, 6) is 0.191. The Hall–Kier alpha value is -1.86. The van der Waals surface area contributed by atoms with Gasteiger partial charge in [-0.1, -0.05) is 17.7 Å². The van der Waals surface area contributed by atoms with Crippen LogP contribution < -0.4 is 10.6 Å². The fourth-order valence-corrected chi connectivity index (χ4v) is 2.98. The topological polar surface area (TPSA) is 71.1 Å². The van der Waals surface area contributed by atoms with E-state index >= 15 is 0 Å². The highest BCUT2D eigenvalue weighted by Gasteiger charge is 2.08. The van der Waals surface area contributed by atoms with Gasteiger partial charge in [0.2, 0.25) is 11.8 Å². The molecule has 0 aliphatic heterocycles. The SMILES string of the molecule is Cc1ccc(NC(=O)CSCC(=O)Nc2nccs2)c(C)c1. The van der Waals surface area contributed by atoms with E-state index in [4.69, 9.17) is 0 Å². The highest BCUT2D eigenvalue weighted by Crippen LogP contribution is 2.16. The minimum Gasteiger partial charge on any atom is -0.325 e. The molecule has 7 heteroatoms. The van der Waals surface area contributed by atoms with E-state index in [9.17, 15) is 9.59 Å². The van der Waals surface area contributed by atoms with E-state index in [2.05, 4.69) is 15.6 Å². The fourth-order valence-electron chi connectivity index (χ4n) is 1.82. The van der Waals surface area contributed by atoms with Crippen molar-refractivity contribution in [3.8, 4) is 0 Å². The fraction of sp³-hybridized carbons (Fsp3) is 0.267. The van der Waals surface area contributed by atoms with Crippen molar-refractivity contribution in [2.45, 2.75) is 13.8 Å². The number of thiazole rings is 1. The van der Waals surface area contributed by atoms with Crippen LogP contribution in [0.4, 0.5) is 10.8 Å². The van der Waals surface area contributed by atoms with Crippen molar-refractivity contribution < 1.29 is 9.59 Å². The second-order valence-corrected chi connectivity index (χ2v) is 6.62. The summed E-state index contributed by atoms with van der Waals surface area (Å²) in [7, 11) is 0. The molecule has 0 aliphatic carbocycles. The van der Waals surface area contributed by atoms with Crippen molar-refractivity contribution in [1.82, 2.24) is 4.98 Å². The van der Waals surface area contributed by atoms with Crippen molar-refractivity contribution in [2.75, 3.05) is 22.1 Å². The van der Waals surface area contributed by atoms with Crippen molar-refractivity contribution >= 4 is 45.7 Å². The molecule has 0 aliphatic rings. The molecule has 0 spiro atoms. The molecule has 116 valence electrons. The molecule has 0 atom stereocenters. The van der Waals surface area contributed by atoms with E-state index in [1.54, 1.807) is 11.6 Å². The molecular formula is C15H17N3O2S2. The summed E-state index contributed by atoms with van der Waals surface area (Å²) in [6, 6.07) is 5.86. The van der Waals surface area contributed by atoms with Gasteiger partial charge in [-0.3, -0.25) is 9.59 Å². The molecule has 0 unspecified atom stereocenters. The number of carbonyl (C=O) groups excluding carboxylic acids is 2. The lowest BCUT2D eigenvalue weighted by atomic mass is 10.1. The summed E-state index contributed by atoms with van der Waals surface area (Å²) < 4.78 is 0. The molecule has 2 aromatic rings. The highest BCUT2D eigenvalue weighted by atomic mass is 32.2. The second-order valence-electron chi connectivity index (χ2n) is 4.74. The zero-order valence-corrected chi connectivity index (χ0v) is 14.0. The average Bonchev–Trinajstić information content (AvgIpc) is 2.95. The van der Waals surface area contributed by atoms with Crippen LogP contribution in [0, 0.1) is 13.8 Å². The van der Waals surface area contributed by atoms with E-state index in [0.717, 1.165) is 16.8 Å². The third-order valence-corrected chi connectivity index (χ3v) is 4.42. The van der Waals surface area contributed by atoms with Gasteiger partial charge in [0.05, 0.1) is 11.5 Å². The van der Waals surface area contributed by atoms with Crippen molar-refractivity contribution in [2.24, 2.45) is 0 Å². The number of aryl methyl sites for hydroxylation is 2. The summed E-state index contributed by atoms with van der Waals surface area (Å²) in [6.45, 7) is 3.97. The Kier molecular flexibility index (Phi) is 5.97. The van der Waals surface area contributed by atoms with Gasteiger partial charge in [-0.15, -0.1) is 23.1 Å². The molecule has 0 saturated heterocycles. The summed E-state index contributed by atoms with van der Waals surface area (Å²) in [6.07, 6.45) is 1.63. The lowest BCUT2D eigenvalue weighted by molar-refractivity contribution is -0.114. The summed E-state index contributed by atoms with van der Waals surface area (Å²) in [5, 5.41) is 7.90. The van der Waals surface area contributed by atoms with Crippen LogP contribution in [0.25, 0.3) is 0 Å². The Bertz CT molecular complexity index is 657. The van der Waals surface area contributed by atoms with E-state index in [0.29, 0.717) is 5.13 Å².